The third-order valence-corrected chi connectivity index (χ3v) is 5.41. The number of rotatable bonds is 4. The fourth-order valence-corrected chi connectivity index (χ4v) is 4.06. The summed E-state index contributed by atoms with van der Waals surface area (Å²) in [6.07, 6.45) is 6.33. The van der Waals surface area contributed by atoms with Crippen LogP contribution in [0.4, 0.5) is 0 Å². The van der Waals surface area contributed by atoms with Gasteiger partial charge >= 0.3 is 0 Å². The molecular formula is C17H19NO2S. The van der Waals surface area contributed by atoms with Crippen molar-refractivity contribution < 1.29 is 9.32 Å². The molecule has 1 aromatic heterocycles. The Hall–Kier alpha value is -1.55. The van der Waals surface area contributed by atoms with Gasteiger partial charge in [-0.2, -0.15) is 0 Å². The number of benzene rings is 1. The van der Waals surface area contributed by atoms with E-state index in [1.807, 2.05) is 37.3 Å². The maximum Gasteiger partial charge on any atom is 0.232 e. The van der Waals surface area contributed by atoms with E-state index in [0.717, 1.165) is 10.6 Å². The zero-order valence-electron chi connectivity index (χ0n) is 12.2. The van der Waals surface area contributed by atoms with E-state index < -0.39 is 0 Å². The van der Waals surface area contributed by atoms with Crippen molar-refractivity contribution in [2.45, 2.75) is 49.2 Å². The highest BCUT2D eigenvalue weighted by molar-refractivity contribution is 8.00. The third kappa shape index (κ3) is 3.21. The van der Waals surface area contributed by atoms with Gasteiger partial charge in [0.25, 0.3) is 0 Å². The van der Waals surface area contributed by atoms with Crippen LogP contribution >= 0.6 is 11.8 Å². The molecule has 3 rings (SSSR count). The van der Waals surface area contributed by atoms with E-state index in [1.54, 1.807) is 11.8 Å². The molecule has 0 N–H and O–H groups in total. The average molecular weight is 301 g/mol. The first-order chi connectivity index (χ1) is 10.3. The molecule has 0 saturated heterocycles. The highest BCUT2D eigenvalue weighted by Gasteiger charge is 2.25. The summed E-state index contributed by atoms with van der Waals surface area (Å²) in [5, 5.41) is 4.59. The van der Waals surface area contributed by atoms with Gasteiger partial charge in [0, 0.05) is 10.8 Å². The number of hydrogen-bond acceptors (Lipinski definition) is 4. The van der Waals surface area contributed by atoms with E-state index in [9.17, 15) is 4.79 Å². The Balaban J connectivity index is 1.84. The number of aryl methyl sites for hydroxylation is 1. The number of hydrogen-bond donors (Lipinski definition) is 0. The number of thioether (sulfide) groups is 1. The molecule has 0 radical (unpaired) electrons. The zero-order valence-corrected chi connectivity index (χ0v) is 13.0. The van der Waals surface area contributed by atoms with Gasteiger partial charge in [0.15, 0.2) is 0 Å². The molecule has 0 amide bonds. The van der Waals surface area contributed by atoms with E-state index in [2.05, 4.69) is 5.16 Å². The topological polar surface area (TPSA) is 43.1 Å². The SMILES string of the molecule is Cc1noc(C(=O)c2ccccc2)c1SC1CCCCC1. The van der Waals surface area contributed by atoms with Gasteiger partial charge in [0.1, 0.15) is 0 Å². The molecule has 0 atom stereocenters. The molecule has 0 aliphatic heterocycles. The van der Waals surface area contributed by atoms with Gasteiger partial charge in [0.2, 0.25) is 11.5 Å². The average Bonchev–Trinajstić information content (AvgIpc) is 2.90. The second-order valence-electron chi connectivity index (χ2n) is 5.50. The third-order valence-electron chi connectivity index (χ3n) is 3.89. The van der Waals surface area contributed by atoms with Crippen molar-refractivity contribution in [3.63, 3.8) is 0 Å². The van der Waals surface area contributed by atoms with Gasteiger partial charge in [-0.15, -0.1) is 11.8 Å². The Kier molecular flexibility index (Phi) is 4.44. The summed E-state index contributed by atoms with van der Waals surface area (Å²) >= 11 is 1.77. The highest BCUT2D eigenvalue weighted by Crippen LogP contribution is 2.37. The minimum absolute atomic E-state index is 0.0745. The van der Waals surface area contributed by atoms with Gasteiger partial charge in [-0.3, -0.25) is 4.79 Å². The molecule has 3 nitrogen and oxygen atoms in total. The molecule has 1 aromatic carbocycles. The number of aromatic nitrogens is 1. The van der Waals surface area contributed by atoms with E-state index in [4.69, 9.17) is 4.52 Å². The van der Waals surface area contributed by atoms with Crippen LogP contribution < -0.4 is 0 Å². The Labute approximate surface area is 129 Å². The zero-order chi connectivity index (χ0) is 14.7. The van der Waals surface area contributed by atoms with Gasteiger partial charge in [-0.25, -0.2) is 0 Å². The van der Waals surface area contributed by atoms with Crippen molar-refractivity contribution in [2.75, 3.05) is 0 Å². The molecule has 1 aliphatic rings. The lowest BCUT2D eigenvalue weighted by molar-refractivity contribution is 0.0996. The van der Waals surface area contributed by atoms with Crippen LogP contribution in [0.3, 0.4) is 0 Å². The molecule has 1 heterocycles. The Morgan fingerprint density at radius 3 is 2.62 bits per heavy atom. The summed E-state index contributed by atoms with van der Waals surface area (Å²) < 4.78 is 5.33. The Bertz CT molecular complexity index is 615. The van der Waals surface area contributed by atoms with Crippen molar-refractivity contribution >= 4 is 17.5 Å². The largest absolute Gasteiger partial charge is 0.351 e. The predicted octanol–water partition coefficient (Wildman–Crippen LogP) is 4.64. The summed E-state index contributed by atoms with van der Waals surface area (Å²) in [6.45, 7) is 1.91. The standard InChI is InChI=1S/C17H19NO2S/c1-12-17(21-14-10-6-3-7-11-14)16(20-18-12)15(19)13-8-4-2-5-9-13/h2,4-5,8-9,14H,3,6-7,10-11H2,1H3. The second-order valence-corrected chi connectivity index (χ2v) is 6.81. The van der Waals surface area contributed by atoms with E-state index in [0.29, 0.717) is 16.6 Å². The molecule has 21 heavy (non-hydrogen) atoms. The molecule has 0 unspecified atom stereocenters. The summed E-state index contributed by atoms with van der Waals surface area (Å²) in [7, 11) is 0. The first-order valence-electron chi connectivity index (χ1n) is 7.48. The number of carbonyl (C=O) groups is 1. The van der Waals surface area contributed by atoms with Crippen molar-refractivity contribution in [1.82, 2.24) is 5.16 Å². The van der Waals surface area contributed by atoms with Crippen LogP contribution in [0.15, 0.2) is 39.8 Å². The van der Waals surface area contributed by atoms with E-state index in [-0.39, 0.29) is 5.78 Å². The highest BCUT2D eigenvalue weighted by atomic mass is 32.2. The molecule has 0 bridgehead atoms. The van der Waals surface area contributed by atoms with Crippen molar-refractivity contribution in [2.24, 2.45) is 0 Å². The molecule has 4 heteroatoms. The second kappa shape index (κ2) is 6.48. The smallest absolute Gasteiger partial charge is 0.232 e. The fourth-order valence-electron chi connectivity index (χ4n) is 2.71. The van der Waals surface area contributed by atoms with Crippen LogP contribution in [0.25, 0.3) is 0 Å². The fraction of sp³-hybridized carbons (Fsp3) is 0.412. The summed E-state index contributed by atoms with van der Waals surface area (Å²) in [6, 6.07) is 9.26. The van der Waals surface area contributed by atoms with Crippen LogP contribution in [0.1, 0.15) is 53.9 Å². The first kappa shape index (κ1) is 14.4. The predicted molar refractivity (Wildman–Crippen MR) is 83.8 cm³/mol. The first-order valence-corrected chi connectivity index (χ1v) is 8.36. The number of carbonyl (C=O) groups excluding carboxylic acids is 1. The molecule has 2 aromatic rings. The van der Waals surface area contributed by atoms with Gasteiger partial charge in [-0.05, 0) is 19.8 Å². The van der Waals surface area contributed by atoms with Crippen LogP contribution in [0.2, 0.25) is 0 Å². The van der Waals surface area contributed by atoms with Gasteiger partial charge in [-0.1, -0.05) is 54.8 Å². The van der Waals surface area contributed by atoms with Gasteiger partial charge in [0.05, 0.1) is 10.6 Å². The maximum atomic E-state index is 12.6. The molecule has 110 valence electrons. The Morgan fingerprint density at radius 2 is 1.90 bits per heavy atom. The van der Waals surface area contributed by atoms with Crippen molar-refractivity contribution in [3.8, 4) is 0 Å². The van der Waals surface area contributed by atoms with Crippen molar-refractivity contribution in [1.29, 1.82) is 0 Å². The molecular weight excluding hydrogens is 282 g/mol. The van der Waals surface area contributed by atoms with Crippen LogP contribution in [-0.2, 0) is 0 Å². The molecule has 1 saturated carbocycles. The van der Waals surface area contributed by atoms with Gasteiger partial charge < -0.3 is 4.52 Å². The van der Waals surface area contributed by atoms with Crippen LogP contribution in [-0.4, -0.2) is 16.2 Å². The molecule has 1 aliphatic carbocycles. The number of nitrogens with zero attached hydrogens (tertiary/aromatic N) is 1. The Morgan fingerprint density at radius 1 is 1.19 bits per heavy atom. The minimum Gasteiger partial charge on any atom is -0.351 e. The summed E-state index contributed by atoms with van der Waals surface area (Å²) in [5.41, 5.74) is 1.48. The quantitative estimate of drug-likeness (QED) is 0.772. The van der Waals surface area contributed by atoms with Crippen LogP contribution in [0.5, 0.6) is 0 Å². The monoisotopic (exact) mass is 301 g/mol. The summed E-state index contributed by atoms with van der Waals surface area (Å²) in [4.78, 5) is 13.5. The molecule has 1 fully saturated rings. The van der Waals surface area contributed by atoms with E-state index >= 15 is 0 Å². The lowest BCUT2D eigenvalue weighted by Gasteiger charge is -2.20. The lowest BCUT2D eigenvalue weighted by Crippen LogP contribution is -2.09. The normalized spacial score (nSPS) is 16.0. The number of ketones is 1. The summed E-state index contributed by atoms with van der Waals surface area (Å²) in [5.74, 6) is 0.323. The lowest BCUT2D eigenvalue weighted by atomic mass is 10.0. The van der Waals surface area contributed by atoms with Crippen molar-refractivity contribution in [3.05, 3.63) is 47.3 Å². The van der Waals surface area contributed by atoms with E-state index in [1.165, 1.54) is 32.1 Å². The van der Waals surface area contributed by atoms with Crippen LogP contribution in [0, 0.1) is 6.92 Å². The maximum absolute atomic E-state index is 12.6. The minimum atomic E-state index is -0.0745. The molecule has 0 spiro atoms.